The molecule has 0 amide bonds. The average molecular weight is 1150 g/mol. The molecule has 12 nitrogen and oxygen atoms in total. The molecular formula is C70H64F4N12. The maximum absolute atomic E-state index is 13.6. The number of rotatable bonds is 6. The van der Waals surface area contributed by atoms with E-state index >= 15 is 0 Å². The van der Waals surface area contributed by atoms with Gasteiger partial charge in [-0.1, -0.05) is 77.9 Å². The van der Waals surface area contributed by atoms with Crippen molar-refractivity contribution in [2.45, 2.75) is 69.2 Å². The van der Waals surface area contributed by atoms with Gasteiger partial charge in [-0.3, -0.25) is 0 Å². The summed E-state index contributed by atoms with van der Waals surface area (Å²) < 4.78 is 53.3. The van der Waals surface area contributed by atoms with Crippen LogP contribution in [0.5, 0.6) is 0 Å². The van der Waals surface area contributed by atoms with Gasteiger partial charge in [-0.05, 0) is 180 Å². The topological polar surface area (TPSA) is 155 Å². The maximum atomic E-state index is 13.6. The molecule has 0 aliphatic carbocycles. The van der Waals surface area contributed by atoms with Crippen LogP contribution in [-0.4, -0.2) is 59.8 Å². The Morgan fingerprint density at radius 3 is 0.919 bits per heavy atom. The minimum absolute atomic E-state index is 0.181. The first-order chi connectivity index (χ1) is 41.5. The second-order valence-electron chi connectivity index (χ2n) is 19.7. The number of aromatic nitrogens is 12. The van der Waals surface area contributed by atoms with Crippen molar-refractivity contribution in [3.63, 3.8) is 0 Å². The van der Waals surface area contributed by atoms with Crippen LogP contribution in [0.3, 0.4) is 0 Å². The van der Waals surface area contributed by atoms with Crippen LogP contribution < -0.4 is 0 Å². The van der Waals surface area contributed by atoms with Crippen LogP contribution >= 0.6 is 0 Å². The molecular weight excluding hydrogens is 1080 g/mol. The van der Waals surface area contributed by atoms with Gasteiger partial charge in [-0.2, -0.15) is 0 Å². The van der Waals surface area contributed by atoms with E-state index in [1.54, 1.807) is 158 Å². The molecule has 12 rings (SSSR count). The van der Waals surface area contributed by atoms with Crippen molar-refractivity contribution in [3.8, 4) is 68.3 Å². The fraction of sp³-hybridized carbons (Fsp3) is 0.143. The van der Waals surface area contributed by atoms with Crippen molar-refractivity contribution in [1.82, 2.24) is 59.8 Å². The molecule has 6 heterocycles. The Balaban J connectivity index is 0.000000148. The monoisotopic (exact) mass is 1150 g/mol. The normalized spacial score (nSPS) is 10.2. The fourth-order valence-corrected chi connectivity index (χ4v) is 8.52. The SMILES string of the molecule is Cc1c(F)cccc1-c1ncccn1.Cc1cc(F)ccc1-c1ncccn1.Cc1ccc(-c2ncccn2)c(C)c1.Cc1ccc(-c2ncccn2)c(C)c1F.Cc1ccc(-c2ncccn2)c(C)c1F.Cc1ccc(C)c(-c2ncccn2)c1. The van der Waals surface area contributed by atoms with Gasteiger partial charge in [0.1, 0.15) is 23.3 Å². The summed E-state index contributed by atoms with van der Waals surface area (Å²) in [6, 6.07) is 39.9. The molecule has 0 aliphatic rings. The summed E-state index contributed by atoms with van der Waals surface area (Å²) in [5.74, 6) is 3.09. The van der Waals surface area contributed by atoms with E-state index in [4.69, 9.17) is 0 Å². The molecule has 86 heavy (non-hydrogen) atoms. The standard InChI is InChI=1S/2C12H11FN2.2C12H12N2.2C11H9FN2/c2*1-8-4-5-10(9(2)11(8)13)12-14-6-3-7-15-12;1-9-4-5-11(10(2)8-9)12-13-6-3-7-14-12;1-9-4-5-10(2)11(8-9)12-13-6-3-7-14-12;1-8-7-9(12)3-4-10(8)11-13-5-2-6-14-11;1-8-9(4-2-5-10(8)12)11-13-6-3-7-14-11/h2*3-7H,1-2H3;2*3-8H,1-2H3;2*2-7H,1H3. The zero-order valence-corrected chi connectivity index (χ0v) is 49.5. The van der Waals surface area contributed by atoms with E-state index < -0.39 is 0 Å². The molecule has 0 bridgehead atoms. The van der Waals surface area contributed by atoms with E-state index in [-0.39, 0.29) is 23.3 Å². The molecule has 0 aliphatic heterocycles. The Morgan fingerprint density at radius 2 is 0.535 bits per heavy atom. The molecule has 6 aromatic carbocycles. The maximum Gasteiger partial charge on any atom is 0.159 e. The summed E-state index contributed by atoms with van der Waals surface area (Å²) in [6.45, 7) is 18.9. The van der Waals surface area contributed by atoms with Crippen LogP contribution in [0.2, 0.25) is 0 Å². The Morgan fingerprint density at radius 1 is 0.233 bits per heavy atom. The lowest BCUT2D eigenvalue weighted by Crippen LogP contribution is -1.94. The number of aryl methyl sites for hydroxylation is 7. The van der Waals surface area contributed by atoms with E-state index in [2.05, 4.69) is 124 Å². The lowest BCUT2D eigenvalue weighted by Gasteiger charge is -2.06. The number of halogens is 4. The first-order valence-corrected chi connectivity index (χ1v) is 27.3. The van der Waals surface area contributed by atoms with Gasteiger partial charge in [0.25, 0.3) is 0 Å². The third-order valence-electron chi connectivity index (χ3n) is 13.2. The summed E-state index contributed by atoms with van der Waals surface area (Å²) in [5.41, 5.74) is 14.2. The lowest BCUT2D eigenvalue weighted by molar-refractivity contribution is 0.609. The molecule has 0 saturated heterocycles. The molecule has 6 aromatic heterocycles. The predicted molar refractivity (Wildman–Crippen MR) is 332 cm³/mol. The van der Waals surface area contributed by atoms with Gasteiger partial charge in [-0.15, -0.1) is 0 Å². The Kier molecular flexibility index (Phi) is 22.9. The molecule has 0 unspecified atom stereocenters. The van der Waals surface area contributed by atoms with Crippen LogP contribution in [0.4, 0.5) is 17.6 Å². The van der Waals surface area contributed by atoms with Crippen molar-refractivity contribution < 1.29 is 17.6 Å². The zero-order valence-electron chi connectivity index (χ0n) is 49.5. The Labute approximate surface area is 499 Å². The van der Waals surface area contributed by atoms with Crippen LogP contribution in [0.15, 0.2) is 208 Å². The van der Waals surface area contributed by atoms with Gasteiger partial charge in [0.15, 0.2) is 34.9 Å². The second-order valence-corrected chi connectivity index (χ2v) is 19.7. The first-order valence-electron chi connectivity index (χ1n) is 27.3. The van der Waals surface area contributed by atoms with Crippen molar-refractivity contribution in [3.05, 3.63) is 287 Å². The molecule has 0 atom stereocenters. The quantitative estimate of drug-likeness (QED) is 0.146. The second kappa shape index (κ2) is 31.3. The molecule has 432 valence electrons. The van der Waals surface area contributed by atoms with Gasteiger partial charge in [0.05, 0.1) is 0 Å². The Bertz CT molecular complexity index is 3880. The van der Waals surface area contributed by atoms with Gasteiger partial charge in [0.2, 0.25) is 0 Å². The fourth-order valence-electron chi connectivity index (χ4n) is 8.52. The van der Waals surface area contributed by atoms with E-state index in [1.807, 2.05) is 37.3 Å². The summed E-state index contributed by atoms with van der Waals surface area (Å²) in [7, 11) is 0. The summed E-state index contributed by atoms with van der Waals surface area (Å²) >= 11 is 0. The van der Waals surface area contributed by atoms with Gasteiger partial charge < -0.3 is 0 Å². The van der Waals surface area contributed by atoms with Crippen LogP contribution in [0, 0.1) is 92.5 Å². The average Bonchev–Trinajstić information content (AvgIpc) is 3.29. The van der Waals surface area contributed by atoms with Crippen molar-refractivity contribution in [2.75, 3.05) is 0 Å². The van der Waals surface area contributed by atoms with Crippen molar-refractivity contribution in [2.24, 2.45) is 0 Å². The smallest absolute Gasteiger partial charge is 0.159 e. The Hall–Kier alpha value is -10.5. The predicted octanol–water partition coefficient (Wildman–Crippen LogP) is 16.5. The molecule has 0 N–H and O–H groups in total. The molecule has 0 spiro atoms. The number of benzene rings is 6. The van der Waals surface area contributed by atoms with Crippen molar-refractivity contribution >= 4 is 0 Å². The van der Waals surface area contributed by atoms with Gasteiger partial charge in [0, 0.05) is 108 Å². The molecule has 16 heteroatoms. The lowest BCUT2D eigenvalue weighted by atomic mass is 10.0. The third-order valence-corrected chi connectivity index (χ3v) is 13.2. The molecule has 0 saturated carbocycles. The van der Waals surface area contributed by atoms with Crippen molar-refractivity contribution in [1.29, 1.82) is 0 Å². The number of nitrogens with zero attached hydrogens (tertiary/aromatic N) is 12. The number of hydrogen-bond acceptors (Lipinski definition) is 12. The summed E-state index contributed by atoms with van der Waals surface area (Å²) in [6.07, 6.45) is 20.3. The van der Waals surface area contributed by atoms with E-state index in [0.717, 1.165) is 50.6 Å². The van der Waals surface area contributed by atoms with Crippen LogP contribution in [-0.2, 0) is 0 Å². The zero-order chi connectivity index (χ0) is 61.5. The van der Waals surface area contributed by atoms with Crippen LogP contribution in [0.25, 0.3) is 68.3 Å². The molecule has 0 fully saturated rings. The largest absolute Gasteiger partial charge is 0.237 e. The highest BCUT2D eigenvalue weighted by atomic mass is 19.1. The van der Waals surface area contributed by atoms with Gasteiger partial charge in [-0.25, -0.2) is 77.4 Å². The number of hydrogen-bond donors (Lipinski definition) is 0. The highest BCUT2D eigenvalue weighted by Gasteiger charge is 2.13. The van der Waals surface area contributed by atoms with E-state index in [0.29, 0.717) is 51.1 Å². The highest BCUT2D eigenvalue weighted by molar-refractivity contribution is 5.64. The van der Waals surface area contributed by atoms with E-state index in [9.17, 15) is 17.6 Å². The summed E-state index contributed by atoms with van der Waals surface area (Å²) in [5, 5.41) is 0. The first kappa shape index (κ1) is 63.1. The molecule has 0 radical (unpaired) electrons. The van der Waals surface area contributed by atoms with Gasteiger partial charge >= 0.3 is 0 Å². The van der Waals surface area contributed by atoms with E-state index in [1.165, 1.54) is 40.5 Å². The summed E-state index contributed by atoms with van der Waals surface area (Å²) in [4.78, 5) is 49.7. The minimum Gasteiger partial charge on any atom is -0.237 e. The molecule has 12 aromatic rings. The third kappa shape index (κ3) is 17.5. The highest BCUT2D eigenvalue weighted by Crippen LogP contribution is 2.27. The van der Waals surface area contributed by atoms with Crippen LogP contribution in [0.1, 0.15) is 55.6 Å². The minimum atomic E-state index is -0.234.